The normalized spacial score (nSPS) is 12.2. The maximum Gasteiger partial charge on any atom is 0.243 e. The molecule has 0 fully saturated rings. The van der Waals surface area contributed by atoms with Gasteiger partial charge in [0.25, 0.3) is 0 Å². The number of amides is 2. The topological polar surface area (TPSA) is 77.1 Å². The second kappa shape index (κ2) is 16.3. The molecule has 0 heterocycles. The zero-order valence-electron chi connectivity index (χ0n) is 25.0. The fourth-order valence-electron chi connectivity index (χ4n) is 4.61. The molecule has 0 aliphatic rings. The molecule has 0 radical (unpaired) electrons. The molecule has 7 nitrogen and oxygen atoms in total. The number of nitrogens with one attached hydrogen (secondary N) is 1. The molecule has 2 amide bonds. The lowest BCUT2D eigenvalue weighted by Gasteiger charge is -2.32. The van der Waals surface area contributed by atoms with Crippen molar-refractivity contribution in [2.75, 3.05) is 20.3 Å². The van der Waals surface area contributed by atoms with E-state index in [9.17, 15) is 9.59 Å². The summed E-state index contributed by atoms with van der Waals surface area (Å²) in [4.78, 5) is 29.4. The maximum atomic E-state index is 14.0. The van der Waals surface area contributed by atoms with Crippen LogP contribution in [0.3, 0.4) is 0 Å². The fraction of sp³-hybridized carbons (Fsp3) is 0.412. The average Bonchev–Trinajstić information content (AvgIpc) is 2.99. The summed E-state index contributed by atoms with van der Waals surface area (Å²) in [5.74, 6) is 1.81. The van der Waals surface area contributed by atoms with Gasteiger partial charge in [-0.2, -0.15) is 0 Å². The third-order valence-electron chi connectivity index (χ3n) is 6.99. The van der Waals surface area contributed by atoms with Gasteiger partial charge in [0.2, 0.25) is 11.8 Å². The fourth-order valence-corrected chi connectivity index (χ4v) is 4.61. The van der Waals surface area contributed by atoms with Gasteiger partial charge in [-0.25, -0.2) is 0 Å². The summed E-state index contributed by atoms with van der Waals surface area (Å²) < 4.78 is 16.9. The highest BCUT2D eigenvalue weighted by Crippen LogP contribution is 2.29. The Balaban J connectivity index is 1.92. The Hall–Kier alpha value is -4.00. The average molecular weight is 561 g/mol. The van der Waals surface area contributed by atoms with Crippen LogP contribution in [0.15, 0.2) is 72.8 Å². The van der Waals surface area contributed by atoms with Crippen molar-refractivity contribution in [2.24, 2.45) is 0 Å². The summed E-state index contributed by atoms with van der Waals surface area (Å²) in [6, 6.07) is 22.6. The lowest BCUT2D eigenvalue weighted by molar-refractivity contribution is -0.141. The monoisotopic (exact) mass is 560 g/mol. The Kier molecular flexibility index (Phi) is 12.5. The van der Waals surface area contributed by atoms with Crippen molar-refractivity contribution < 1.29 is 23.8 Å². The largest absolute Gasteiger partial charge is 0.497 e. The van der Waals surface area contributed by atoms with E-state index in [0.717, 1.165) is 23.1 Å². The maximum absolute atomic E-state index is 14.0. The summed E-state index contributed by atoms with van der Waals surface area (Å²) >= 11 is 0. The molecular formula is C34H44N2O5. The Morgan fingerprint density at radius 1 is 0.829 bits per heavy atom. The van der Waals surface area contributed by atoms with Crippen LogP contribution in [0.25, 0.3) is 0 Å². The molecule has 0 saturated carbocycles. The van der Waals surface area contributed by atoms with Crippen LogP contribution in [0.4, 0.5) is 0 Å². The van der Waals surface area contributed by atoms with Crippen LogP contribution in [0, 0.1) is 0 Å². The van der Waals surface area contributed by atoms with Gasteiger partial charge in [-0.05, 0) is 74.6 Å². The van der Waals surface area contributed by atoms with E-state index >= 15 is 0 Å². The summed E-state index contributed by atoms with van der Waals surface area (Å²) in [7, 11) is 1.62. The third-order valence-corrected chi connectivity index (χ3v) is 6.99. The molecule has 0 bridgehead atoms. The number of hydrogen-bond acceptors (Lipinski definition) is 5. The highest BCUT2D eigenvalue weighted by atomic mass is 16.5. The van der Waals surface area contributed by atoms with E-state index in [4.69, 9.17) is 14.2 Å². The molecule has 3 rings (SSSR count). The van der Waals surface area contributed by atoms with Crippen molar-refractivity contribution >= 4 is 11.8 Å². The summed E-state index contributed by atoms with van der Waals surface area (Å²) in [5, 5.41) is 3.12. The van der Waals surface area contributed by atoms with Gasteiger partial charge in [-0.3, -0.25) is 9.59 Å². The Morgan fingerprint density at radius 2 is 1.54 bits per heavy atom. The number of nitrogens with zero attached hydrogens (tertiary/aromatic N) is 1. The molecule has 0 aromatic heterocycles. The van der Waals surface area contributed by atoms with Gasteiger partial charge in [0, 0.05) is 25.4 Å². The molecular weight excluding hydrogens is 516 g/mol. The first-order valence-electron chi connectivity index (χ1n) is 14.5. The van der Waals surface area contributed by atoms with Crippen LogP contribution in [0.5, 0.6) is 17.2 Å². The molecule has 2 atom stereocenters. The summed E-state index contributed by atoms with van der Waals surface area (Å²) in [5.41, 5.74) is 2.86. The number of carbonyl (C=O) groups is 2. The van der Waals surface area contributed by atoms with Crippen LogP contribution in [0.2, 0.25) is 0 Å². The number of hydrogen-bond donors (Lipinski definition) is 1. The minimum absolute atomic E-state index is 0.00427. The van der Waals surface area contributed by atoms with E-state index in [1.807, 2.05) is 100 Å². The van der Waals surface area contributed by atoms with E-state index in [0.29, 0.717) is 43.3 Å². The zero-order chi connectivity index (χ0) is 29.6. The van der Waals surface area contributed by atoms with Crippen LogP contribution in [-0.2, 0) is 29.0 Å². The van der Waals surface area contributed by atoms with E-state index in [-0.39, 0.29) is 30.8 Å². The van der Waals surface area contributed by atoms with E-state index in [1.54, 1.807) is 12.0 Å². The van der Waals surface area contributed by atoms with Crippen molar-refractivity contribution in [2.45, 2.75) is 72.0 Å². The van der Waals surface area contributed by atoms with Gasteiger partial charge >= 0.3 is 0 Å². The Morgan fingerprint density at radius 3 is 2.22 bits per heavy atom. The molecule has 0 aliphatic heterocycles. The number of methoxy groups -OCH3 is 1. The lowest BCUT2D eigenvalue weighted by Crippen LogP contribution is -2.52. The minimum Gasteiger partial charge on any atom is -0.497 e. The van der Waals surface area contributed by atoms with Crippen molar-refractivity contribution in [1.82, 2.24) is 10.2 Å². The number of aryl methyl sites for hydroxylation is 1. The van der Waals surface area contributed by atoms with Crippen molar-refractivity contribution in [3.05, 3.63) is 89.5 Å². The predicted octanol–water partition coefficient (Wildman–Crippen LogP) is 5.98. The summed E-state index contributed by atoms with van der Waals surface area (Å²) in [6.45, 7) is 9.22. The molecule has 7 heteroatoms. The molecule has 1 N–H and O–H groups in total. The number of benzene rings is 3. The highest BCUT2D eigenvalue weighted by Gasteiger charge is 2.31. The molecule has 0 aliphatic carbocycles. The van der Waals surface area contributed by atoms with Gasteiger partial charge in [0.05, 0.1) is 20.3 Å². The Labute approximate surface area is 244 Å². The standard InChI is InChI=1S/C34H44N2O5/c1-6-25(4)35-34(38)30(22-26-13-10-9-11-14-26)36(24-28-15-12-16-29(21-28)39-5)33(37)20-18-27-17-19-31(40-7-2)32(23-27)41-8-3/h9-17,19,21,23,25,30H,6-8,18,20,22,24H2,1-5H3,(H,35,38)/t25-,30-/m0/s1. The predicted molar refractivity (Wildman–Crippen MR) is 162 cm³/mol. The van der Waals surface area contributed by atoms with Gasteiger partial charge in [-0.15, -0.1) is 0 Å². The van der Waals surface area contributed by atoms with Crippen molar-refractivity contribution in [3.63, 3.8) is 0 Å². The van der Waals surface area contributed by atoms with E-state index < -0.39 is 6.04 Å². The number of rotatable bonds is 16. The first kappa shape index (κ1) is 31.5. The first-order valence-corrected chi connectivity index (χ1v) is 14.5. The molecule has 0 saturated heterocycles. The molecule has 0 unspecified atom stereocenters. The molecule has 41 heavy (non-hydrogen) atoms. The smallest absolute Gasteiger partial charge is 0.243 e. The second-order valence-corrected chi connectivity index (χ2v) is 10.0. The van der Waals surface area contributed by atoms with Gasteiger partial charge in [0.1, 0.15) is 11.8 Å². The molecule has 0 spiro atoms. The summed E-state index contributed by atoms with van der Waals surface area (Å²) in [6.07, 6.45) is 1.96. The molecule has 3 aromatic carbocycles. The van der Waals surface area contributed by atoms with Gasteiger partial charge in [0.15, 0.2) is 11.5 Å². The van der Waals surface area contributed by atoms with Crippen LogP contribution >= 0.6 is 0 Å². The highest BCUT2D eigenvalue weighted by molar-refractivity contribution is 5.88. The minimum atomic E-state index is -0.676. The first-order chi connectivity index (χ1) is 19.9. The van der Waals surface area contributed by atoms with Crippen molar-refractivity contribution in [3.8, 4) is 17.2 Å². The van der Waals surface area contributed by atoms with Crippen LogP contribution in [0.1, 0.15) is 57.2 Å². The number of carbonyl (C=O) groups excluding carboxylic acids is 2. The quantitative estimate of drug-likeness (QED) is 0.233. The third kappa shape index (κ3) is 9.55. The van der Waals surface area contributed by atoms with Crippen LogP contribution in [-0.4, -0.2) is 49.1 Å². The van der Waals surface area contributed by atoms with E-state index in [1.165, 1.54) is 0 Å². The molecule has 220 valence electrons. The second-order valence-electron chi connectivity index (χ2n) is 10.0. The zero-order valence-corrected chi connectivity index (χ0v) is 25.0. The van der Waals surface area contributed by atoms with Gasteiger partial charge < -0.3 is 24.4 Å². The van der Waals surface area contributed by atoms with E-state index in [2.05, 4.69) is 5.32 Å². The van der Waals surface area contributed by atoms with Gasteiger partial charge in [-0.1, -0.05) is 55.5 Å². The molecule has 3 aromatic rings. The van der Waals surface area contributed by atoms with Crippen molar-refractivity contribution in [1.29, 1.82) is 0 Å². The lowest BCUT2D eigenvalue weighted by atomic mass is 10.0. The SMILES string of the molecule is CCOc1ccc(CCC(=O)N(Cc2cccc(OC)c2)[C@@H](Cc2ccccc2)C(=O)N[C@@H](C)CC)cc1OCC. The Bertz CT molecular complexity index is 1250. The van der Waals surface area contributed by atoms with Crippen LogP contribution < -0.4 is 19.5 Å². The number of ether oxygens (including phenoxy) is 3.